The van der Waals surface area contributed by atoms with Crippen molar-refractivity contribution in [3.8, 4) is 5.82 Å². The first kappa shape index (κ1) is 34.2. The van der Waals surface area contributed by atoms with Crippen LogP contribution in [0, 0.1) is 12.1 Å². The van der Waals surface area contributed by atoms with Gasteiger partial charge < -0.3 is 4.57 Å². The van der Waals surface area contributed by atoms with Crippen molar-refractivity contribution in [2.75, 3.05) is 0 Å². The summed E-state index contributed by atoms with van der Waals surface area (Å²) < 4.78 is 75.2. The smallest absolute Gasteiger partial charge is 0.318 e. The van der Waals surface area contributed by atoms with Crippen molar-refractivity contribution in [2.24, 2.45) is 0 Å². The van der Waals surface area contributed by atoms with Gasteiger partial charge in [-0.1, -0.05) is 126 Å². The summed E-state index contributed by atoms with van der Waals surface area (Å²) in [5.74, 6) is -3.06. The van der Waals surface area contributed by atoms with E-state index in [4.69, 9.17) is 5.48 Å². The van der Waals surface area contributed by atoms with Gasteiger partial charge in [-0.05, 0) is 50.0 Å². The Hall–Kier alpha value is -5.09. The largest absolute Gasteiger partial charge is 2.00 e. The molecule has 0 saturated heterocycles. The fourth-order valence-electron chi connectivity index (χ4n) is 7.11. The van der Waals surface area contributed by atoms with Crippen LogP contribution in [0.1, 0.15) is 95.6 Å². The minimum atomic E-state index is -3.62. The monoisotopic (exact) mass is 928 g/mol. The molecule has 1 aliphatic heterocycles. The average Bonchev–Trinajstić information content (AvgIpc) is 3.75. The first-order chi connectivity index (χ1) is 27.6. The van der Waals surface area contributed by atoms with E-state index in [0.717, 1.165) is 21.9 Å². The van der Waals surface area contributed by atoms with E-state index in [-0.39, 0.29) is 66.6 Å². The number of benzene rings is 4. The van der Waals surface area contributed by atoms with E-state index < -0.39 is 29.0 Å². The van der Waals surface area contributed by atoms with Crippen LogP contribution >= 0.6 is 0 Å². The van der Waals surface area contributed by atoms with E-state index in [1.165, 1.54) is 16.7 Å². The van der Waals surface area contributed by atoms with Gasteiger partial charge in [0.15, 0.2) is 0 Å². The number of pyridine rings is 2. The fourth-order valence-corrected chi connectivity index (χ4v) is 7.11. The molecule has 0 aliphatic carbocycles. The summed E-state index contributed by atoms with van der Waals surface area (Å²) >= 11 is 0. The van der Waals surface area contributed by atoms with Crippen LogP contribution in [0.25, 0.3) is 27.6 Å². The molecule has 8 heteroatoms. The number of hydrogen-bond donors (Lipinski definition) is 0. The van der Waals surface area contributed by atoms with Crippen LogP contribution in [0.4, 0.5) is 31.5 Å². The van der Waals surface area contributed by atoms with Gasteiger partial charge in [-0.25, -0.2) is 13.8 Å². The van der Waals surface area contributed by atoms with E-state index in [1.807, 2.05) is 67.8 Å². The number of nitrogens with zero attached hydrogens (tertiary/aromatic N) is 5. The number of hydrogen-bond acceptors (Lipinski definition) is 2. The molecule has 56 heavy (non-hydrogen) atoms. The molecule has 5 nitrogen and oxygen atoms in total. The third-order valence-electron chi connectivity index (χ3n) is 10.2. The Morgan fingerprint density at radius 1 is 0.696 bits per heavy atom. The van der Waals surface area contributed by atoms with E-state index in [0.29, 0.717) is 28.1 Å². The molecule has 0 saturated carbocycles. The predicted octanol–water partition coefficient (Wildman–Crippen LogP) is 12.1. The zero-order valence-electron chi connectivity index (χ0n) is 36.9. The van der Waals surface area contributed by atoms with Crippen LogP contribution in [0.2, 0.25) is 0 Å². The molecule has 7 aromatic rings. The molecule has 0 spiro atoms. The first-order valence-electron chi connectivity index (χ1n) is 20.4. The van der Waals surface area contributed by atoms with Crippen molar-refractivity contribution in [2.45, 2.75) is 84.5 Å². The van der Waals surface area contributed by atoms with Crippen molar-refractivity contribution >= 4 is 50.6 Å². The Bertz CT molecular complexity index is 2970. The summed E-state index contributed by atoms with van der Waals surface area (Å²) in [6.07, 6.45) is 5.11. The topological polar surface area (TPSA) is 36.7 Å². The van der Waals surface area contributed by atoms with Gasteiger partial charge in [0.25, 0.3) is 17.3 Å². The molecule has 0 radical (unpaired) electrons. The summed E-state index contributed by atoms with van der Waals surface area (Å²) in [6.45, 7) is 18.3. The second-order valence-corrected chi connectivity index (χ2v) is 17.2. The van der Waals surface area contributed by atoms with Crippen LogP contribution in [0.5, 0.6) is 0 Å². The second-order valence-electron chi connectivity index (χ2n) is 17.2. The number of fused-ring (bicyclic) bond motifs is 4. The van der Waals surface area contributed by atoms with E-state index >= 15 is 8.78 Å². The molecule has 284 valence electrons. The van der Waals surface area contributed by atoms with Crippen molar-refractivity contribution in [3.63, 3.8) is 0 Å². The maximum Gasteiger partial charge on any atom is 2.00 e. The maximum atomic E-state index is 17.5. The molecule has 8 rings (SSSR count). The summed E-state index contributed by atoms with van der Waals surface area (Å²) in [5, 5.41) is 1.55. The Kier molecular flexibility index (Phi) is 8.44. The SMILES string of the molecule is [2H]c1c([2H])c([2H])c2c(c1[2H])[N+](c1[c-]c(C(F)(F)c3[c-]c4c(cc3)c3ccncc3n4-c3cc(C(C)(C)C)ccn3)cc(C(C)(C)C)c1)=C=[N+]2c1ccccc1C(C)(C)C.[Pt+2]. The first-order valence-corrected chi connectivity index (χ1v) is 18.4. The zero-order chi connectivity index (χ0) is 42.6. The van der Waals surface area contributed by atoms with Gasteiger partial charge in [-0.15, -0.1) is 17.0 Å². The summed E-state index contributed by atoms with van der Waals surface area (Å²) in [5.41, 5.74) is 2.77. The molecule has 0 fully saturated rings. The van der Waals surface area contributed by atoms with Gasteiger partial charge in [-0.3, -0.25) is 4.98 Å². The minimum Gasteiger partial charge on any atom is -0.318 e. The molecule has 4 aromatic carbocycles. The Morgan fingerprint density at radius 3 is 2.09 bits per heavy atom. The standard InChI is InChI=1S/C48H45F2N5.Pt/c1-45(2,3)31-20-23-52-44(28-31)55-42-27-32(18-19-36(42)37-21-22-51-29-43(37)55)48(49,50)34-24-33(46(4,5)6)25-35(26-34)53-30-54(41-17-13-12-16-40(41)53)39-15-11-10-14-38(39)47(7,8)9;/h10-25,28-29H,1-9H3;/q;+2/i12D,13D,16D,17D;. The van der Waals surface area contributed by atoms with Crippen LogP contribution in [0.3, 0.4) is 0 Å². The van der Waals surface area contributed by atoms with Crippen molar-refractivity contribution in [1.29, 1.82) is 0 Å². The van der Waals surface area contributed by atoms with Gasteiger partial charge in [0.1, 0.15) is 11.5 Å². The van der Waals surface area contributed by atoms with Crippen LogP contribution in [-0.2, 0) is 43.2 Å². The van der Waals surface area contributed by atoms with Crippen molar-refractivity contribution in [1.82, 2.24) is 23.7 Å². The Morgan fingerprint density at radius 2 is 1.39 bits per heavy atom. The second kappa shape index (κ2) is 13.8. The number of para-hydroxylation sites is 3. The molecule has 4 heterocycles. The van der Waals surface area contributed by atoms with Gasteiger partial charge in [0.05, 0.1) is 17.2 Å². The molecule has 0 amide bonds. The van der Waals surface area contributed by atoms with Crippen LogP contribution in [-0.4, -0.2) is 20.5 Å². The summed E-state index contributed by atoms with van der Waals surface area (Å²) in [6, 6.07) is 27.6. The number of rotatable bonds is 5. The molecule has 1 aliphatic rings. The maximum absolute atomic E-state index is 17.5. The Balaban J connectivity index is 0.00000544. The summed E-state index contributed by atoms with van der Waals surface area (Å²) in [4.78, 5) is 9.05. The zero-order valence-corrected chi connectivity index (χ0v) is 35.2. The van der Waals surface area contributed by atoms with Crippen molar-refractivity contribution in [3.05, 3.63) is 149 Å². The molecular weight excluding hydrogens is 880 g/mol. The fraction of sp³-hybridized carbons (Fsp3) is 0.271. The van der Waals surface area contributed by atoms with Gasteiger partial charge in [-0.2, -0.15) is 18.2 Å². The third kappa shape index (κ3) is 6.76. The molecule has 0 bridgehead atoms. The van der Waals surface area contributed by atoms with Crippen LogP contribution < -0.4 is 9.15 Å². The van der Waals surface area contributed by atoms with Crippen LogP contribution in [0.15, 0.2) is 109 Å². The normalized spacial score (nSPS) is 14.4. The molecule has 0 N–H and O–H groups in total. The van der Waals surface area contributed by atoms with E-state index in [9.17, 15) is 0 Å². The van der Waals surface area contributed by atoms with Gasteiger partial charge in [0.2, 0.25) is 5.69 Å². The van der Waals surface area contributed by atoms with Gasteiger partial charge >= 0.3 is 27.1 Å². The number of aromatic nitrogens is 3. The Labute approximate surface area is 348 Å². The third-order valence-corrected chi connectivity index (χ3v) is 10.2. The quantitative estimate of drug-likeness (QED) is 0.127. The van der Waals surface area contributed by atoms with Crippen molar-refractivity contribution < 1.29 is 35.3 Å². The molecule has 3 aromatic heterocycles. The van der Waals surface area contributed by atoms with Gasteiger partial charge in [0, 0.05) is 36.1 Å². The minimum absolute atomic E-state index is 0. The predicted molar refractivity (Wildman–Crippen MR) is 220 cm³/mol. The number of alkyl halides is 2. The molecule has 0 unspecified atom stereocenters. The number of halogens is 2. The molecular formula is C48H45F2N5Pt+2. The average molecular weight is 929 g/mol. The van der Waals surface area contributed by atoms with E-state index in [2.05, 4.69) is 69.7 Å². The van der Waals surface area contributed by atoms with E-state index in [1.54, 1.807) is 35.3 Å². The summed E-state index contributed by atoms with van der Waals surface area (Å²) in [7, 11) is 0. The molecule has 0 atom stereocenters.